The standard InChI is InChI=1S/C19H32N4O3S.ClH/c1-13(2)12-14(20-15(24)8-9-19(3,4)5)16(25)17-21-22-18(26-17)27-11-10-23(6)7;/h8-9,13-14H,10-12H2,1-7H3,(H,20,24);1H. The van der Waals surface area contributed by atoms with Gasteiger partial charge in [0.05, 0.1) is 6.04 Å². The number of hydrogen-bond donors (Lipinski definition) is 1. The van der Waals surface area contributed by atoms with E-state index in [1.54, 1.807) is 0 Å². The lowest BCUT2D eigenvalue weighted by Crippen LogP contribution is -2.41. The van der Waals surface area contributed by atoms with Crippen LogP contribution in [0.25, 0.3) is 0 Å². The van der Waals surface area contributed by atoms with E-state index in [4.69, 9.17) is 4.42 Å². The number of allylic oxidation sites excluding steroid dienone is 1. The van der Waals surface area contributed by atoms with E-state index in [1.165, 1.54) is 17.8 Å². The van der Waals surface area contributed by atoms with Crippen molar-refractivity contribution >= 4 is 35.9 Å². The van der Waals surface area contributed by atoms with Gasteiger partial charge in [-0.15, -0.1) is 22.6 Å². The summed E-state index contributed by atoms with van der Waals surface area (Å²) in [5.41, 5.74) is -0.111. The summed E-state index contributed by atoms with van der Waals surface area (Å²) in [4.78, 5) is 27.0. The maximum atomic E-state index is 12.8. The first kappa shape index (κ1) is 26.6. The maximum Gasteiger partial charge on any atom is 0.286 e. The van der Waals surface area contributed by atoms with Crippen LogP contribution in [0.1, 0.15) is 51.7 Å². The van der Waals surface area contributed by atoms with Crippen molar-refractivity contribution < 1.29 is 14.0 Å². The molecule has 9 heteroatoms. The summed E-state index contributed by atoms with van der Waals surface area (Å²) in [6, 6.07) is -0.692. The van der Waals surface area contributed by atoms with Gasteiger partial charge >= 0.3 is 0 Å². The number of aromatic nitrogens is 2. The number of rotatable bonds is 10. The van der Waals surface area contributed by atoms with Crippen LogP contribution < -0.4 is 5.32 Å². The molecule has 1 atom stereocenters. The molecule has 0 radical (unpaired) electrons. The minimum atomic E-state index is -0.692. The lowest BCUT2D eigenvalue weighted by molar-refractivity contribution is -0.117. The van der Waals surface area contributed by atoms with Crippen LogP contribution in [0.4, 0.5) is 0 Å². The molecule has 0 saturated carbocycles. The van der Waals surface area contributed by atoms with E-state index in [0.29, 0.717) is 11.6 Å². The molecule has 28 heavy (non-hydrogen) atoms. The van der Waals surface area contributed by atoms with Gasteiger partial charge in [-0.1, -0.05) is 52.5 Å². The normalized spacial score (nSPS) is 13.0. The van der Waals surface area contributed by atoms with Crippen molar-refractivity contribution in [2.45, 2.75) is 52.3 Å². The van der Waals surface area contributed by atoms with Crippen LogP contribution in [0.15, 0.2) is 21.8 Å². The zero-order chi connectivity index (χ0) is 20.6. The number of carbonyl (C=O) groups excluding carboxylic acids is 2. The summed E-state index contributed by atoms with van der Waals surface area (Å²) in [6.45, 7) is 10.9. The fourth-order valence-corrected chi connectivity index (χ4v) is 2.95. The number of carbonyl (C=O) groups is 2. The fourth-order valence-electron chi connectivity index (χ4n) is 2.08. The van der Waals surface area contributed by atoms with Gasteiger partial charge in [-0.05, 0) is 37.9 Å². The van der Waals surface area contributed by atoms with E-state index < -0.39 is 6.04 Å². The van der Waals surface area contributed by atoms with Crippen molar-refractivity contribution in [1.29, 1.82) is 0 Å². The molecule has 0 aromatic carbocycles. The molecule has 0 aliphatic rings. The number of nitrogens with one attached hydrogen (secondary N) is 1. The number of Topliss-reactive ketones (excluding diaryl/α,β-unsaturated/α-hetero) is 1. The summed E-state index contributed by atoms with van der Waals surface area (Å²) < 4.78 is 5.49. The van der Waals surface area contributed by atoms with Crippen LogP contribution in [-0.4, -0.2) is 59.2 Å². The minimum Gasteiger partial charge on any atom is -0.408 e. The Labute approximate surface area is 178 Å². The third kappa shape index (κ3) is 10.8. The Kier molecular flexibility index (Phi) is 11.6. The predicted octanol–water partition coefficient (Wildman–Crippen LogP) is 3.46. The highest BCUT2D eigenvalue weighted by molar-refractivity contribution is 7.99. The largest absolute Gasteiger partial charge is 0.408 e. The Morgan fingerprint density at radius 3 is 2.43 bits per heavy atom. The van der Waals surface area contributed by atoms with Gasteiger partial charge in [-0.2, -0.15) is 0 Å². The van der Waals surface area contributed by atoms with E-state index in [-0.39, 0.29) is 41.3 Å². The molecule has 1 heterocycles. The highest BCUT2D eigenvalue weighted by atomic mass is 35.5. The Bertz CT molecular complexity index is 654. The lowest BCUT2D eigenvalue weighted by atomic mass is 9.96. The highest BCUT2D eigenvalue weighted by Gasteiger charge is 2.27. The SMILES string of the molecule is CC(C)CC(NC(=O)C=CC(C)(C)C)C(=O)c1nnc(SCCN(C)C)o1.Cl. The van der Waals surface area contributed by atoms with Crippen LogP contribution >= 0.6 is 24.2 Å². The average molecular weight is 433 g/mol. The molecule has 0 aliphatic heterocycles. The summed E-state index contributed by atoms with van der Waals surface area (Å²) in [6.07, 6.45) is 3.78. The van der Waals surface area contributed by atoms with Gasteiger partial charge in [0.25, 0.3) is 11.1 Å². The van der Waals surface area contributed by atoms with Gasteiger partial charge in [0, 0.05) is 12.3 Å². The van der Waals surface area contributed by atoms with Gasteiger partial charge in [0.2, 0.25) is 11.7 Å². The highest BCUT2D eigenvalue weighted by Crippen LogP contribution is 2.18. The quantitative estimate of drug-likeness (QED) is 0.344. The molecule has 7 nitrogen and oxygen atoms in total. The van der Waals surface area contributed by atoms with E-state index in [9.17, 15) is 9.59 Å². The average Bonchev–Trinajstić information content (AvgIpc) is 2.99. The summed E-state index contributed by atoms with van der Waals surface area (Å²) >= 11 is 1.40. The molecular weight excluding hydrogens is 400 g/mol. The predicted molar refractivity (Wildman–Crippen MR) is 115 cm³/mol. The van der Waals surface area contributed by atoms with Gasteiger partial charge in [0.1, 0.15) is 0 Å². The minimum absolute atomic E-state index is 0. The van der Waals surface area contributed by atoms with E-state index >= 15 is 0 Å². The second kappa shape index (κ2) is 12.2. The lowest BCUT2D eigenvalue weighted by Gasteiger charge is -2.17. The second-order valence-electron chi connectivity index (χ2n) is 8.28. The zero-order valence-electron chi connectivity index (χ0n) is 17.8. The van der Waals surface area contributed by atoms with Crippen LogP contribution in [0.2, 0.25) is 0 Å². The molecule has 1 aromatic rings. The molecule has 1 amide bonds. The molecule has 1 N–H and O–H groups in total. The van der Waals surface area contributed by atoms with Gasteiger partial charge < -0.3 is 14.6 Å². The monoisotopic (exact) mass is 432 g/mol. The van der Waals surface area contributed by atoms with Crippen molar-refractivity contribution in [1.82, 2.24) is 20.4 Å². The third-order valence-electron chi connectivity index (χ3n) is 3.46. The summed E-state index contributed by atoms with van der Waals surface area (Å²) in [5, 5.41) is 10.9. The van der Waals surface area contributed by atoms with Crippen molar-refractivity contribution in [3.05, 3.63) is 18.0 Å². The number of thioether (sulfide) groups is 1. The first-order valence-corrected chi connectivity index (χ1v) is 10.1. The fraction of sp³-hybridized carbons (Fsp3) is 0.684. The Morgan fingerprint density at radius 2 is 1.89 bits per heavy atom. The molecule has 1 unspecified atom stereocenters. The van der Waals surface area contributed by atoms with Crippen molar-refractivity contribution in [2.24, 2.45) is 11.3 Å². The molecule has 1 rings (SSSR count). The van der Waals surface area contributed by atoms with Gasteiger partial charge in [-0.25, -0.2) is 0 Å². The summed E-state index contributed by atoms with van der Waals surface area (Å²) in [7, 11) is 3.97. The second-order valence-corrected chi connectivity index (χ2v) is 9.33. The number of halogens is 1. The first-order chi connectivity index (χ1) is 12.5. The summed E-state index contributed by atoms with van der Waals surface area (Å²) in [5.74, 6) is 0.292. The first-order valence-electron chi connectivity index (χ1n) is 9.13. The van der Waals surface area contributed by atoms with E-state index in [2.05, 4.69) is 20.4 Å². The topological polar surface area (TPSA) is 88.3 Å². The third-order valence-corrected chi connectivity index (χ3v) is 4.25. The zero-order valence-corrected chi connectivity index (χ0v) is 19.4. The molecule has 1 aromatic heterocycles. The molecule has 0 saturated heterocycles. The molecular formula is C19H33ClN4O3S. The molecule has 0 fully saturated rings. The van der Waals surface area contributed by atoms with E-state index in [0.717, 1.165) is 12.3 Å². The van der Waals surface area contributed by atoms with Gasteiger partial charge in [0.15, 0.2) is 0 Å². The van der Waals surface area contributed by atoms with Crippen molar-refractivity contribution in [3.8, 4) is 0 Å². The number of amides is 1. The number of hydrogen-bond acceptors (Lipinski definition) is 7. The van der Waals surface area contributed by atoms with Crippen LogP contribution in [0, 0.1) is 11.3 Å². The van der Waals surface area contributed by atoms with E-state index in [1.807, 2.05) is 54.8 Å². The number of ketones is 1. The smallest absolute Gasteiger partial charge is 0.286 e. The van der Waals surface area contributed by atoms with Gasteiger partial charge in [-0.3, -0.25) is 9.59 Å². The Hall–Kier alpha value is -1.38. The molecule has 160 valence electrons. The van der Waals surface area contributed by atoms with Crippen molar-refractivity contribution in [3.63, 3.8) is 0 Å². The maximum absolute atomic E-state index is 12.8. The van der Waals surface area contributed by atoms with Crippen LogP contribution in [-0.2, 0) is 4.79 Å². The van der Waals surface area contributed by atoms with Crippen molar-refractivity contribution in [2.75, 3.05) is 26.4 Å². The van der Waals surface area contributed by atoms with Crippen LogP contribution in [0.5, 0.6) is 0 Å². The van der Waals surface area contributed by atoms with Crippen LogP contribution in [0.3, 0.4) is 0 Å². The molecule has 0 aliphatic carbocycles. The number of nitrogens with zero attached hydrogens (tertiary/aromatic N) is 3. The molecule has 0 bridgehead atoms. The molecule has 0 spiro atoms. The Balaban J connectivity index is 0.00000729. The Morgan fingerprint density at radius 1 is 1.25 bits per heavy atom.